The van der Waals surface area contributed by atoms with Gasteiger partial charge in [0.05, 0.1) is 12.3 Å². The highest BCUT2D eigenvalue weighted by Crippen LogP contribution is 2.29. The Balaban J connectivity index is 1.59. The Morgan fingerprint density at radius 3 is 2.90 bits per heavy atom. The molecule has 0 bridgehead atoms. The summed E-state index contributed by atoms with van der Waals surface area (Å²) >= 11 is 1.86. The average Bonchev–Trinajstić information content (AvgIpc) is 3.24. The minimum atomic E-state index is 0.658. The van der Waals surface area contributed by atoms with Crippen LogP contribution in [0.3, 0.4) is 0 Å². The molecule has 0 radical (unpaired) electrons. The van der Waals surface area contributed by atoms with Crippen LogP contribution in [0.5, 0.6) is 0 Å². The average molecular weight is 309 g/mol. The van der Waals surface area contributed by atoms with Crippen LogP contribution in [0.2, 0.25) is 0 Å². The van der Waals surface area contributed by atoms with Crippen LogP contribution in [0.25, 0.3) is 0 Å². The molecular weight excluding hydrogens is 282 g/mol. The molecule has 1 aliphatic heterocycles. The molecule has 118 valence electrons. The van der Waals surface area contributed by atoms with Crippen LogP contribution in [-0.2, 0) is 17.7 Å². The largest absolute Gasteiger partial charge is 0.381 e. The van der Waals surface area contributed by atoms with E-state index in [0.717, 1.165) is 38.8 Å². The molecule has 21 heavy (non-hydrogen) atoms. The molecular formula is C16H27N3OS. The Hall–Kier alpha value is -0.650. The zero-order chi connectivity index (χ0) is 14.7. The van der Waals surface area contributed by atoms with Crippen molar-refractivity contribution in [1.29, 1.82) is 0 Å². The molecule has 0 aromatic carbocycles. The summed E-state index contributed by atoms with van der Waals surface area (Å²) in [7, 11) is 2.17. The molecule has 1 atom stereocenters. The van der Waals surface area contributed by atoms with Crippen LogP contribution >= 0.6 is 11.3 Å². The van der Waals surface area contributed by atoms with Crippen LogP contribution in [0.15, 0.2) is 0 Å². The summed E-state index contributed by atoms with van der Waals surface area (Å²) in [6, 6.07) is 0.761. The van der Waals surface area contributed by atoms with E-state index >= 15 is 0 Å². The molecule has 1 N–H and O–H groups in total. The van der Waals surface area contributed by atoms with E-state index in [1.54, 1.807) is 0 Å². The van der Waals surface area contributed by atoms with E-state index in [9.17, 15) is 0 Å². The Labute approximate surface area is 131 Å². The number of aromatic nitrogens is 1. The predicted molar refractivity (Wildman–Crippen MR) is 88.2 cm³/mol. The number of thiazole rings is 1. The van der Waals surface area contributed by atoms with Gasteiger partial charge in [0.1, 0.15) is 0 Å². The van der Waals surface area contributed by atoms with Gasteiger partial charge >= 0.3 is 0 Å². The first-order valence-electron chi connectivity index (χ1n) is 8.27. The van der Waals surface area contributed by atoms with Crippen molar-refractivity contribution in [3.63, 3.8) is 0 Å². The van der Waals surface area contributed by atoms with Crippen molar-refractivity contribution in [3.8, 4) is 0 Å². The van der Waals surface area contributed by atoms with E-state index in [0.29, 0.717) is 5.92 Å². The molecule has 1 unspecified atom stereocenters. The fourth-order valence-electron chi connectivity index (χ4n) is 2.89. The topological polar surface area (TPSA) is 37.4 Å². The van der Waals surface area contributed by atoms with Crippen LogP contribution in [0, 0.1) is 5.92 Å². The quantitative estimate of drug-likeness (QED) is 0.840. The van der Waals surface area contributed by atoms with Crippen LogP contribution in [0.4, 0.5) is 5.13 Å². The lowest BCUT2D eigenvalue weighted by molar-refractivity contribution is 0.0576. The number of hydrogen-bond donors (Lipinski definition) is 1. The summed E-state index contributed by atoms with van der Waals surface area (Å²) in [4.78, 5) is 8.60. The summed E-state index contributed by atoms with van der Waals surface area (Å²) in [6.45, 7) is 6.10. The van der Waals surface area contributed by atoms with E-state index in [4.69, 9.17) is 9.72 Å². The van der Waals surface area contributed by atoms with Crippen molar-refractivity contribution in [2.24, 2.45) is 5.92 Å². The van der Waals surface area contributed by atoms with Crippen molar-refractivity contribution >= 4 is 16.5 Å². The van der Waals surface area contributed by atoms with Crippen molar-refractivity contribution in [3.05, 3.63) is 10.6 Å². The van der Waals surface area contributed by atoms with Gasteiger partial charge in [-0.1, -0.05) is 6.92 Å². The Morgan fingerprint density at radius 1 is 1.38 bits per heavy atom. The van der Waals surface area contributed by atoms with Gasteiger partial charge in [-0.2, -0.15) is 0 Å². The van der Waals surface area contributed by atoms with Crippen LogP contribution in [0.1, 0.15) is 43.2 Å². The molecule has 1 aromatic rings. The molecule has 3 rings (SSSR count). The Kier molecular flexibility index (Phi) is 5.14. The van der Waals surface area contributed by atoms with Gasteiger partial charge in [-0.15, -0.1) is 11.3 Å². The van der Waals surface area contributed by atoms with Crippen LogP contribution in [-0.4, -0.2) is 37.8 Å². The Bertz CT molecular complexity index is 452. The number of rotatable bonds is 7. The van der Waals surface area contributed by atoms with Gasteiger partial charge in [-0.3, -0.25) is 0 Å². The highest BCUT2D eigenvalue weighted by atomic mass is 32.1. The third kappa shape index (κ3) is 4.18. The standard InChI is InChI=1S/C16H27N3OS/c1-3-14-15(9-17-13-6-7-13)21-16(18-14)19(2)10-12-5-4-8-20-11-12/h12-13,17H,3-11H2,1-2H3. The number of nitrogens with zero attached hydrogens (tertiary/aromatic N) is 2. The van der Waals surface area contributed by atoms with Crippen molar-refractivity contribution < 1.29 is 4.74 Å². The van der Waals surface area contributed by atoms with E-state index in [1.165, 1.54) is 41.4 Å². The summed E-state index contributed by atoms with van der Waals surface area (Å²) in [5, 5.41) is 4.78. The lowest BCUT2D eigenvalue weighted by atomic mass is 10.0. The first kappa shape index (κ1) is 15.3. The van der Waals surface area contributed by atoms with E-state index < -0.39 is 0 Å². The molecule has 2 heterocycles. The first-order valence-corrected chi connectivity index (χ1v) is 9.08. The number of hydrogen-bond acceptors (Lipinski definition) is 5. The minimum absolute atomic E-state index is 0.658. The number of aryl methyl sites for hydroxylation is 1. The predicted octanol–water partition coefficient (Wildman–Crippen LogP) is 2.82. The second-order valence-corrected chi connectivity index (χ2v) is 7.40. The van der Waals surface area contributed by atoms with E-state index in [-0.39, 0.29) is 0 Å². The molecule has 0 amide bonds. The number of ether oxygens (including phenoxy) is 1. The number of anilines is 1. The third-order valence-electron chi connectivity index (χ3n) is 4.34. The molecule has 1 aromatic heterocycles. The fraction of sp³-hybridized carbons (Fsp3) is 0.812. The lowest BCUT2D eigenvalue weighted by Crippen LogP contribution is -2.30. The lowest BCUT2D eigenvalue weighted by Gasteiger charge is -2.26. The molecule has 1 saturated heterocycles. The second kappa shape index (κ2) is 7.07. The molecule has 0 spiro atoms. The molecule has 1 saturated carbocycles. The SMILES string of the molecule is CCc1nc(N(C)CC2CCCOC2)sc1CNC1CC1. The maximum absolute atomic E-state index is 5.59. The maximum atomic E-state index is 5.59. The maximum Gasteiger partial charge on any atom is 0.185 e. The fourth-order valence-corrected chi connectivity index (χ4v) is 3.96. The van der Waals surface area contributed by atoms with Gasteiger partial charge in [0.15, 0.2) is 5.13 Å². The van der Waals surface area contributed by atoms with Gasteiger partial charge in [0, 0.05) is 37.7 Å². The zero-order valence-corrected chi connectivity index (χ0v) is 14.0. The van der Waals surface area contributed by atoms with Gasteiger partial charge in [-0.25, -0.2) is 4.98 Å². The highest BCUT2D eigenvalue weighted by Gasteiger charge is 2.22. The van der Waals surface area contributed by atoms with E-state index in [2.05, 4.69) is 24.2 Å². The summed E-state index contributed by atoms with van der Waals surface area (Å²) < 4.78 is 5.59. The van der Waals surface area contributed by atoms with Gasteiger partial charge in [-0.05, 0) is 38.0 Å². The normalized spacial score (nSPS) is 22.5. The monoisotopic (exact) mass is 309 g/mol. The van der Waals surface area contributed by atoms with Crippen LogP contribution < -0.4 is 10.2 Å². The third-order valence-corrected chi connectivity index (χ3v) is 5.56. The first-order chi connectivity index (χ1) is 10.3. The summed E-state index contributed by atoms with van der Waals surface area (Å²) in [5.74, 6) is 0.658. The van der Waals surface area contributed by atoms with Gasteiger partial charge < -0.3 is 15.0 Å². The van der Waals surface area contributed by atoms with Crippen molar-refractivity contribution in [2.75, 3.05) is 31.7 Å². The highest BCUT2D eigenvalue weighted by molar-refractivity contribution is 7.15. The second-order valence-electron chi connectivity index (χ2n) is 6.34. The molecule has 1 aliphatic carbocycles. The van der Waals surface area contributed by atoms with Gasteiger partial charge in [0.25, 0.3) is 0 Å². The molecule has 5 heteroatoms. The van der Waals surface area contributed by atoms with E-state index in [1.807, 2.05) is 11.3 Å². The minimum Gasteiger partial charge on any atom is -0.381 e. The smallest absolute Gasteiger partial charge is 0.185 e. The number of nitrogens with one attached hydrogen (secondary N) is 1. The zero-order valence-electron chi connectivity index (χ0n) is 13.2. The molecule has 2 fully saturated rings. The Morgan fingerprint density at radius 2 is 2.24 bits per heavy atom. The summed E-state index contributed by atoms with van der Waals surface area (Å²) in [5.41, 5.74) is 1.27. The van der Waals surface area contributed by atoms with Crippen molar-refractivity contribution in [1.82, 2.24) is 10.3 Å². The summed E-state index contributed by atoms with van der Waals surface area (Å²) in [6.07, 6.45) is 6.20. The van der Waals surface area contributed by atoms with Crippen molar-refractivity contribution in [2.45, 2.75) is 51.6 Å². The molecule has 4 nitrogen and oxygen atoms in total. The molecule has 2 aliphatic rings. The van der Waals surface area contributed by atoms with Gasteiger partial charge in [0.2, 0.25) is 0 Å².